The average Bonchev–Trinajstić information content (AvgIpc) is 3.33. The van der Waals surface area contributed by atoms with Crippen LogP contribution in [0.4, 0.5) is 0 Å². The Morgan fingerprint density at radius 1 is 1.11 bits per heavy atom. The van der Waals surface area contributed by atoms with Crippen molar-refractivity contribution in [2.24, 2.45) is 7.05 Å². The quantitative estimate of drug-likeness (QED) is 0.109. The Bertz CT molecular complexity index is 1490. The summed E-state index contributed by atoms with van der Waals surface area (Å²) in [4.78, 5) is 65.0. The summed E-state index contributed by atoms with van der Waals surface area (Å²) in [5, 5.41) is 14.0. The summed E-state index contributed by atoms with van der Waals surface area (Å²) < 4.78 is 2.10. The lowest BCUT2D eigenvalue weighted by Crippen LogP contribution is -2.57. The number of aromatic nitrogens is 1. The van der Waals surface area contributed by atoms with Crippen molar-refractivity contribution in [2.45, 2.75) is 51.4 Å². The molecular weight excluding hydrogens is 617 g/mol. The number of likely N-dealkylation sites (N-methyl/N-ethyl adjacent to an activating group) is 2. The fourth-order valence-electron chi connectivity index (χ4n) is 5.67. The highest BCUT2D eigenvalue weighted by Crippen LogP contribution is 2.51. The molecule has 0 saturated heterocycles. The molecule has 2 heterocycles. The van der Waals surface area contributed by atoms with Gasteiger partial charge in [0.15, 0.2) is 5.78 Å². The molecule has 0 radical (unpaired) electrons. The number of aryl methyl sites for hydroxylation is 1. The SMILES string of the molecule is C/C=c1/c(C(C)(C)C(NC)C(=O)NC(CN(C)C/C=C/C(=O)NCC(=O)NCCN2C(=O)C=CCC2=O)[P+](C)(C)C)cn(C)/c1=C/C. The van der Waals surface area contributed by atoms with E-state index in [1.165, 1.54) is 18.2 Å². The van der Waals surface area contributed by atoms with Gasteiger partial charge in [-0.15, -0.1) is 0 Å². The molecule has 1 aliphatic heterocycles. The van der Waals surface area contributed by atoms with E-state index in [2.05, 4.69) is 82.9 Å². The first-order valence-corrected chi connectivity index (χ1v) is 19.2. The summed E-state index contributed by atoms with van der Waals surface area (Å²) in [5.41, 5.74) is 0.607. The fourth-order valence-corrected chi connectivity index (χ4v) is 6.95. The molecule has 4 N–H and O–H groups in total. The number of rotatable bonds is 16. The Kier molecular flexibility index (Phi) is 14.8. The highest BCUT2D eigenvalue weighted by atomic mass is 31.2. The maximum Gasteiger partial charge on any atom is 0.252 e. The molecule has 0 aliphatic carbocycles. The van der Waals surface area contributed by atoms with Crippen molar-refractivity contribution in [2.75, 3.05) is 66.8 Å². The third-order valence-corrected chi connectivity index (χ3v) is 10.6. The number of hydrogen-bond acceptors (Lipinski definition) is 7. The van der Waals surface area contributed by atoms with Crippen molar-refractivity contribution >= 4 is 49.0 Å². The summed E-state index contributed by atoms with van der Waals surface area (Å²) in [6.07, 6.45) is 12.4. The molecule has 0 fully saturated rings. The topological polar surface area (TPSA) is 145 Å². The lowest BCUT2D eigenvalue weighted by molar-refractivity contribution is -0.142. The van der Waals surface area contributed by atoms with Crippen LogP contribution in [-0.2, 0) is 36.4 Å². The van der Waals surface area contributed by atoms with Crippen molar-refractivity contribution in [1.82, 2.24) is 35.6 Å². The van der Waals surface area contributed by atoms with Crippen LogP contribution in [0, 0.1) is 0 Å². The van der Waals surface area contributed by atoms with Crippen LogP contribution >= 0.6 is 7.26 Å². The number of hydrogen-bond donors (Lipinski definition) is 4. The molecule has 1 aromatic heterocycles. The monoisotopic (exact) mass is 672 g/mol. The van der Waals surface area contributed by atoms with Crippen LogP contribution in [-0.4, -0.2) is 123 Å². The van der Waals surface area contributed by atoms with Crippen LogP contribution in [0.15, 0.2) is 30.5 Å². The summed E-state index contributed by atoms with van der Waals surface area (Å²) >= 11 is 0. The minimum atomic E-state index is -1.54. The molecule has 12 nitrogen and oxygen atoms in total. The molecule has 1 aliphatic rings. The zero-order valence-corrected chi connectivity index (χ0v) is 30.7. The smallest absolute Gasteiger partial charge is 0.252 e. The largest absolute Gasteiger partial charge is 0.353 e. The van der Waals surface area contributed by atoms with Crippen molar-refractivity contribution in [1.29, 1.82) is 0 Å². The number of nitrogens with one attached hydrogen (secondary N) is 4. The van der Waals surface area contributed by atoms with Crippen LogP contribution in [0.1, 0.15) is 39.7 Å². The average molecular weight is 673 g/mol. The molecule has 47 heavy (non-hydrogen) atoms. The van der Waals surface area contributed by atoms with Crippen molar-refractivity contribution in [3.8, 4) is 0 Å². The standard InChI is InChI=1S/C34H54N7O5P/c1-11-24-25(22-40(7)26(24)12-2)34(3,4)32(35-5)33(46)38-29(47(8,9)10)23-39(6)19-14-15-27(42)37-21-28(43)36-18-20-41-30(44)16-13-17-31(41)45/h11-16,22,29,32,35H,17-21,23H2,1-10H3,(H2-,36,37,38,42,43,46)/p+1/b15-14+,24-11-,26-12+. The van der Waals surface area contributed by atoms with Gasteiger partial charge in [0.2, 0.25) is 23.6 Å². The van der Waals surface area contributed by atoms with Gasteiger partial charge in [-0.05, 0) is 38.7 Å². The molecule has 0 spiro atoms. The molecule has 0 bridgehead atoms. The highest BCUT2D eigenvalue weighted by molar-refractivity contribution is 7.74. The molecule has 0 aromatic carbocycles. The van der Waals surface area contributed by atoms with Gasteiger partial charge in [-0.2, -0.15) is 0 Å². The summed E-state index contributed by atoms with van der Waals surface area (Å²) in [6.45, 7) is 15.8. The minimum Gasteiger partial charge on any atom is -0.353 e. The number of amides is 5. The van der Waals surface area contributed by atoms with E-state index >= 15 is 0 Å². The minimum absolute atomic E-state index is 0.0575. The van der Waals surface area contributed by atoms with E-state index in [0.29, 0.717) is 13.1 Å². The van der Waals surface area contributed by atoms with E-state index in [1.807, 2.05) is 35.0 Å². The molecule has 0 saturated carbocycles. The van der Waals surface area contributed by atoms with Crippen LogP contribution < -0.4 is 31.8 Å². The molecule has 2 unspecified atom stereocenters. The first kappa shape index (κ1) is 39.6. The van der Waals surface area contributed by atoms with Gasteiger partial charge in [-0.25, -0.2) is 0 Å². The Labute approximate surface area is 280 Å². The number of nitrogens with zero attached hydrogens (tertiary/aromatic N) is 3. The van der Waals surface area contributed by atoms with Gasteiger partial charge in [0, 0.05) is 69.5 Å². The molecule has 2 rings (SSSR count). The first-order chi connectivity index (χ1) is 22.0. The van der Waals surface area contributed by atoms with Gasteiger partial charge < -0.3 is 25.8 Å². The van der Waals surface area contributed by atoms with Crippen LogP contribution in [0.2, 0.25) is 0 Å². The van der Waals surface area contributed by atoms with Crippen LogP contribution in [0.25, 0.3) is 12.2 Å². The summed E-state index contributed by atoms with van der Waals surface area (Å²) in [6, 6.07) is -0.472. The van der Waals surface area contributed by atoms with Gasteiger partial charge in [-0.3, -0.25) is 33.8 Å². The fraction of sp³-hybridized carbons (Fsp3) is 0.559. The van der Waals surface area contributed by atoms with Crippen LogP contribution in [0.3, 0.4) is 0 Å². The summed E-state index contributed by atoms with van der Waals surface area (Å²) in [7, 11) is 4.24. The second kappa shape index (κ2) is 17.5. The van der Waals surface area contributed by atoms with Gasteiger partial charge in [0.1, 0.15) is 0 Å². The van der Waals surface area contributed by atoms with E-state index < -0.39 is 36.4 Å². The van der Waals surface area contributed by atoms with Gasteiger partial charge >= 0.3 is 0 Å². The second-order valence-electron chi connectivity index (χ2n) is 13.3. The molecule has 13 heteroatoms. The number of imide groups is 1. The van der Waals surface area contributed by atoms with E-state index in [1.54, 1.807) is 6.08 Å². The Hall–Kier alpha value is -3.60. The Balaban J connectivity index is 1.93. The predicted molar refractivity (Wildman–Crippen MR) is 191 cm³/mol. The van der Waals surface area contributed by atoms with Gasteiger partial charge in [0.25, 0.3) is 5.91 Å². The van der Waals surface area contributed by atoms with E-state index in [0.717, 1.165) is 21.0 Å². The van der Waals surface area contributed by atoms with Gasteiger partial charge in [0.05, 0.1) is 39.1 Å². The number of carbonyl (C=O) groups excluding carboxylic acids is 5. The van der Waals surface area contributed by atoms with Crippen molar-refractivity contribution < 1.29 is 24.0 Å². The zero-order chi connectivity index (χ0) is 35.5. The van der Waals surface area contributed by atoms with Gasteiger partial charge in [-0.1, -0.05) is 38.2 Å². The molecule has 5 amide bonds. The van der Waals surface area contributed by atoms with Crippen molar-refractivity contribution in [3.05, 3.63) is 46.6 Å². The first-order valence-electron chi connectivity index (χ1n) is 16.0. The van der Waals surface area contributed by atoms with Crippen LogP contribution in [0.5, 0.6) is 0 Å². The number of carbonyl (C=O) groups is 5. The molecular formula is C34H55N7O5P+. The van der Waals surface area contributed by atoms with E-state index in [-0.39, 0.29) is 43.7 Å². The molecule has 1 aromatic rings. The predicted octanol–water partition coefficient (Wildman–Crippen LogP) is -0.124. The second-order valence-corrected chi connectivity index (χ2v) is 18.2. The third-order valence-electron chi connectivity index (χ3n) is 8.41. The zero-order valence-electron chi connectivity index (χ0n) is 29.8. The Morgan fingerprint density at radius 2 is 1.79 bits per heavy atom. The van der Waals surface area contributed by atoms with E-state index in [9.17, 15) is 24.0 Å². The normalized spacial score (nSPS) is 16.3. The van der Waals surface area contributed by atoms with E-state index in [4.69, 9.17) is 0 Å². The Morgan fingerprint density at radius 3 is 2.36 bits per heavy atom. The summed E-state index contributed by atoms with van der Waals surface area (Å²) in [5.74, 6) is -1.68. The van der Waals surface area contributed by atoms with Crippen molar-refractivity contribution in [3.63, 3.8) is 0 Å². The highest BCUT2D eigenvalue weighted by Gasteiger charge is 2.41. The lowest BCUT2D eigenvalue weighted by Gasteiger charge is -2.36. The molecule has 260 valence electrons. The maximum absolute atomic E-state index is 13.9. The third kappa shape index (κ3) is 11.0. The lowest BCUT2D eigenvalue weighted by atomic mass is 9.77. The maximum atomic E-state index is 13.9. The molecule has 2 atom stereocenters.